The fraction of sp³-hybridized carbons (Fsp3) is 0.556. The van der Waals surface area contributed by atoms with Gasteiger partial charge in [-0.05, 0) is 18.1 Å². The molecule has 23 heavy (non-hydrogen) atoms. The van der Waals surface area contributed by atoms with Crippen molar-refractivity contribution < 1.29 is 19.8 Å². The number of hydrogen-bond acceptors (Lipinski definition) is 2. The largest absolute Gasteiger partial charge is 0.478 e. The molecule has 0 atom stereocenters. The summed E-state index contributed by atoms with van der Waals surface area (Å²) >= 11 is 0.149. The summed E-state index contributed by atoms with van der Waals surface area (Å²) in [6, 6.07) is 4.47. The van der Waals surface area contributed by atoms with Gasteiger partial charge in [-0.3, -0.25) is 0 Å². The topological polar surface area (TPSA) is 74.6 Å². The Morgan fingerprint density at radius 3 is 1.91 bits per heavy atom. The number of unbranched alkanes of at least 4 members (excludes halogenated alkanes) is 2. The predicted molar refractivity (Wildman–Crippen MR) is 94.9 cm³/mol. The van der Waals surface area contributed by atoms with E-state index in [0.29, 0.717) is 12.0 Å². The van der Waals surface area contributed by atoms with E-state index in [9.17, 15) is 9.59 Å². The molecule has 0 saturated heterocycles. The quantitative estimate of drug-likeness (QED) is 0.440. The molecule has 0 aliphatic rings. The molecule has 2 N–H and O–H groups in total. The molecule has 0 heterocycles. The molecule has 0 unspecified atom stereocenters. The van der Waals surface area contributed by atoms with Gasteiger partial charge in [-0.15, -0.1) is 0 Å². The molecule has 5 heteroatoms. The number of benzene rings is 1. The Morgan fingerprint density at radius 2 is 1.52 bits per heavy atom. The van der Waals surface area contributed by atoms with Crippen LogP contribution in [0.3, 0.4) is 0 Å². The maximum atomic E-state index is 10.8. The molecule has 0 aromatic heterocycles. The number of carboxylic acid groups (broad SMARTS) is 2. The second kappa shape index (κ2) is 13.4. The van der Waals surface area contributed by atoms with E-state index in [4.69, 9.17) is 10.2 Å². The molecule has 0 bridgehead atoms. The molecule has 2 radical (unpaired) electrons. The van der Waals surface area contributed by atoms with Crippen molar-refractivity contribution in [1.82, 2.24) is 0 Å². The molecule has 1 aromatic carbocycles. The number of carboxylic acids is 2. The van der Waals surface area contributed by atoms with E-state index in [1.54, 1.807) is 27.9 Å². The average Bonchev–Trinajstić information content (AvgIpc) is 2.54. The van der Waals surface area contributed by atoms with Gasteiger partial charge < -0.3 is 10.2 Å². The minimum absolute atomic E-state index is 0.109. The summed E-state index contributed by atoms with van der Waals surface area (Å²) in [4.78, 5) is 21.6. The Balaban J connectivity index is 0.000000468. The molecular weight excluding hydrogens is 399 g/mol. The first-order valence-corrected chi connectivity index (χ1v) is 12.3. The van der Waals surface area contributed by atoms with Crippen molar-refractivity contribution >= 4 is 33.1 Å². The minimum atomic E-state index is -1.21. The molecular formula is C18H28O4Sn. The van der Waals surface area contributed by atoms with Gasteiger partial charge in [0.1, 0.15) is 0 Å². The predicted octanol–water partition coefficient (Wildman–Crippen LogP) is 4.77. The van der Waals surface area contributed by atoms with Crippen LogP contribution in [-0.4, -0.2) is 43.3 Å². The molecule has 128 valence electrons. The van der Waals surface area contributed by atoms with Crippen molar-refractivity contribution in [3.8, 4) is 0 Å². The van der Waals surface area contributed by atoms with Gasteiger partial charge in [0.15, 0.2) is 0 Å². The Labute approximate surface area is 149 Å². The van der Waals surface area contributed by atoms with E-state index < -0.39 is 11.9 Å². The maximum Gasteiger partial charge on any atom is 0.336 e. The summed E-state index contributed by atoms with van der Waals surface area (Å²) in [5.74, 6) is -2.41. The van der Waals surface area contributed by atoms with Crippen LogP contribution in [0, 0.1) is 0 Å². The van der Waals surface area contributed by atoms with Crippen LogP contribution in [0.15, 0.2) is 18.2 Å². The first-order valence-electron chi connectivity index (χ1n) is 8.28. The molecule has 4 nitrogen and oxygen atoms in total. The van der Waals surface area contributed by atoms with Gasteiger partial charge in [-0.25, -0.2) is 9.59 Å². The fourth-order valence-corrected chi connectivity index (χ4v) is 6.21. The van der Waals surface area contributed by atoms with Crippen LogP contribution in [0.5, 0.6) is 0 Å². The Hall–Kier alpha value is -1.04. The van der Waals surface area contributed by atoms with Gasteiger partial charge in [-0.2, -0.15) is 0 Å². The molecule has 0 spiro atoms. The molecule has 0 fully saturated rings. The van der Waals surface area contributed by atoms with Crippen molar-refractivity contribution in [2.75, 3.05) is 0 Å². The zero-order valence-corrected chi connectivity index (χ0v) is 17.2. The molecule has 0 aliphatic heterocycles. The maximum absolute atomic E-state index is 10.8. The average molecular weight is 427 g/mol. The third-order valence-electron chi connectivity index (χ3n) is 3.39. The number of aryl methyl sites for hydroxylation is 1. The number of rotatable bonds is 9. The van der Waals surface area contributed by atoms with Crippen LogP contribution in [0.2, 0.25) is 8.87 Å². The first-order chi connectivity index (χ1) is 11.0. The van der Waals surface area contributed by atoms with E-state index in [0.717, 1.165) is 0 Å². The van der Waals surface area contributed by atoms with Gasteiger partial charge in [-0.1, -0.05) is 19.1 Å². The van der Waals surface area contributed by atoms with Crippen LogP contribution in [-0.2, 0) is 6.42 Å². The third kappa shape index (κ3) is 8.98. The van der Waals surface area contributed by atoms with Gasteiger partial charge in [0.2, 0.25) is 0 Å². The minimum Gasteiger partial charge on any atom is -0.478 e. The molecule has 1 aromatic rings. The van der Waals surface area contributed by atoms with E-state index in [1.165, 1.54) is 31.7 Å². The Morgan fingerprint density at radius 1 is 0.957 bits per heavy atom. The van der Waals surface area contributed by atoms with Crippen molar-refractivity contribution in [3.63, 3.8) is 0 Å². The van der Waals surface area contributed by atoms with Crippen LogP contribution >= 0.6 is 0 Å². The number of hydrogen-bond donors (Lipinski definition) is 2. The number of carbonyl (C=O) groups is 2. The third-order valence-corrected chi connectivity index (χ3v) is 7.43. The summed E-state index contributed by atoms with van der Waals surface area (Å²) < 4.78 is 3.25. The van der Waals surface area contributed by atoms with Crippen LogP contribution < -0.4 is 0 Å². The van der Waals surface area contributed by atoms with Crippen LogP contribution in [0.25, 0.3) is 0 Å². The second-order valence-corrected chi connectivity index (χ2v) is 9.54. The van der Waals surface area contributed by atoms with E-state index >= 15 is 0 Å². The fourth-order valence-electron chi connectivity index (χ4n) is 2.05. The van der Waals surface area contributed by atoms with Crippen molar-refractivity contribution in [2.24, 2.45) is 0 Å². The summed E-state index contributed by atoms with van der Waals surface area (Å²) in [5.41, 5.74) is 0.275. The molecule has 0 amide bonds. The summed E-state index contributed by atoms with van der Waals surface area (Å²) in [6.45, 7) is 6.37. The smallest absolute Gasteiger partial charge is 0.336 e. The van der Waals surface area contributed by atoms with Crippen molar-refractivity contribution in [2.45, 2.75) is 61.7 Å². The molecule has 1 rings (SSSR count). The van der Waals surface area contributed by atoms with Crippen LogP contribution in [0.4, 0.5) is 0 Å². The standard InChI is InChI=1S/C10H10O4.2C4H9.Sn/c1-2-6-4-3-5-7(9(11)12)8(6)10(13)14;2*1-3-4-2;/h3-5H,2H2,1H3,(H,11,12)(H,13,14);2*1,3-4H2,2H3;. The van der Waals surface area contributed by atoms with Gasteiger partial charge in [0.25, 0.3) is 0 Å². The summed E-state index contributed by atoms with van der Waals surface area (Å²) in [6.07, 6.45) is 6.34. The van der Waals surface area contributed by atoms with E-state index in [-0.39, 0.29) is 32.3 Å². The van der Waals surface area contributed by atoms with Crippen LogP contribution in [0.1, 0.15) is 72.7 Å². The Kier molecular flexibility index (Phi) is 12.8. The van der Waals surface area contributed by atoms with E-state index in [2.05, 4.69) is 13.8 Å². The SMILES string of the molecule is CCC[CH2][Sn][CH2]CCC.CCc1cccc(C(=O)O)c1C(=O)O. The van der Waals surface area contributed by atoms with Crippen molar-refractivity contribution in [1.29, 1.82) is 0 Å². The Bertz CT molecular complexity index is 480. The summed E-state index contributed by atoms with van der Waals surface area (Å²) in [7, 11) is 0. The van der Waals surface area contributed by atoms with Gasteiger partial charge >= 0.3 is 81.5 Å². The summed E-state index contributed by atoms with van der Waals surface area (Å²) in [5, 5.41) is 17.6. The van der Waals surface area contributed by atoms with Gasteiger partial charge in [0.05, 0.1) is 11.1 Å². The monoisotopic (exact) mass is 428 g/mol. The first kappa shape index (κ1) is 22.0. The second-order valence-electron chi connectivity index (χ2n) is 5.26. The number of aromatic carboxylic acids is 2. The zero-order chi connectivity index (χ0) is 17.7. The van der Waals surface area contributed by atoms with Crippen molar-refractivity contribution in [3.05, 3.63) is 34.9 Å². The molecule has 0 aliphatic carbocycles. The van der Waals surface area contributed by atoms with E-state index in [1.807, 2.05) is 0 Å². The van der Waals surface area contributed by atoms with Gasteiger partial charge in [0, 0.05) is 0 Å². The normalized spacial score (nSPS) is 9.87. The zero-order valence-electron chi connectivity index (χ0n) is 14.4. The molecule has 0 saturated carbocycles.